The van der Waals surface area contributed by atoms with E-state index in [4.69, 9.17) is 0 Å². The summed E-state index contributed by atoms with van der Waals surface area (Å²) >= 11 is 0. The summed E-state index contributed by atoms with van der Waals surface area (Å²) in [6.07, 6.45) is 5.24. The first-order valence-corrected chi connectivity index (χ1v) is 7.48. The lowest BCUT2D eigenvalue weighted by atomic mass is 9.96. The zero-order valence-corrected chi connectivity index (χ0v) is 11.6. The minimum absolute atomic E-state index is 0.157. The van der Waals surface area contributed by atoms with Crippen molar-refractivity contribution < 1.29 is 4.39 Å². The summed E-state index contributed by atoms with van der Waals surface area (Å²) in [4.78, 5) is 2.64. The second kappa shape index (κ2) is 5.59. The van der Waals surface area contributed by atoms with E-state index in [1.165, 1.54) is 44.3 Å². The van der Waals surface area contributed by atoms with Gasteiger partial charge in [-0.05, 0) is 63.4 Å². The molecule has 2 aliphatic rings. The minimum Gasteiger partial charge on any atom is -0.307 e. The van der Waals surface area contributed by atoms with Gasteiger partial charge in [-0.25, -0.2) is 4.39 Å². The lowest BCUT2D eigenvalue weighted by molar-refractivity contribution is 0.162. The molecule has 1 aromatic rings. The molecule has 19 heavy (non-hydrogen) atoms. The average Bonchev–Trinajstić information content (AvgIpc) is 2.87. The maximum Gasteiger partial charge on any atom is 0.123 e. The van der Waals surface area contributed by atoms with Crippen molar-refractivity contribution in [3.63, 3.8) is 0 Å². The number of rotatable bonds is 3. The molecule has 0 aromatic heterocycles. The van der Waals surface area contributed by atoms with E-state index in [1.54, 1.807) is 12.1 Å². The minimum atomic E-state index is -0.157. The van der Waals surface area contributed by atoms with Gasteiger partial charge in [0.1, 0.15) is 5.82 Å². The van der Waals surface area contributed by atoms with Crippen molar-refractivity contribution in [1.29, 1.82) is 0 Å². The summed E-state index contributed by atoms with van der Waals surface area (Å²) < 4.78 is 12.9. The molecule has 3 unspecified atom stereocenters. The molecule has 1 aromatic carbocycles. The topological polar surface area (TPSA) is 15.3 Å². The quantitative estimate of drug-likeness (QED) is 0.900. The average molecular weight is 262 g/mol. The van der Waals surface area contributed by atoms with Gasteiger partial charge in [-0.3, -0.25) is 0 Å². The zero-order chi connectivity index (χ0) is 13.2. The molecule has 3 atom stereocenters. The Hall–Kier alpha value is -0.930. The van der Waals surface area contributed by atoms with Gasteiger partial charge >= 0.3 is 0 Å². The Morgan fingerprint density at radius 1 is 1.21 bits per heavy atom. The van der Waals surface area contributed by atoms with E-state index in [2.05, 4.69) is 17.1 Å². The van der Waals surface area contributed by atoms with Gasteiger partial charge in [0, 0.05) is 18.1 Å². The van der Waals surface area contributed by atoms with Crippen molar-refractivity contribution in [1.82, 2.24) is 10.2 Å². The van der Waals surface area contributed by atoms with E-state index >= 15 is 0 Å². The normalized spacial score (nSPS) is 29.2. The van der Waals surface area contributed by atoms with Gasteiger partial charge in [0.25, 0.3) is 0 Å². The Morgan fingerprint density at radius 3 is 2.79 bits per heavy atom. The highest BCUT2D eigenvalue weighted by atomic mass is 19.1. The maximum absolute atomic E-state index is 12.9. The van der Waals surface area contributed by atoms with Crippen molar-refractivity contribution in [2.24, 2.45) is 0 Å². The fourth-order valence-electron chi connectivity index (χ4n) is 3.58. The van der Waals surface area contributed by atoms with Crippen LogP contribution in [0.15, 0.2) is 24.3 Å². The van der Waals surface area contributed by atoms with Crippen molar-refractivity contribution in [3.8, 4) is 0 Å². The van der Waals surface area contributed by atoms with Gasteiger partial charge in [0.15, 0.2) is 0 Å². The third kappa shape index (κ3) is 2.98. The molecule has 0 radical (unpaired) electrons. The van der Waals surface area contributed by atoms with Crippen LogP contribution in [-0.2, 0) is 0 Å². The number of hydrogen-bond donors (Lipinski definition) is 1. The van der Waals surface area contributed by atoms with Gasteiger partial charge in [-0.2, -0.15) is 0 Å². The Bertz CT molecular complexity index is 417. The molecule has 2 heterocycles. The number of halogens is 1. The molecule has 0 bridgehead atoms. The van der Waals surface area contributed by atoms with E-state index in [0.29, 0.717) is 12.1 Å². The molecule has 2 aliphatic heterocycles. The van der Waals surface area contributed by atoms with Gasteiger partial charge in [0.2, 0.25) is 0 Å². The lowest BCUT2D eigenvalue weighted by Crippen LogP contribution is -2.46. The molecule has 2 saturated heterocycles. The number of fused-ring (bicyclic) bond motifs is 1. The smallest absolute Gasteiger partial charge is 0.123 e. The second-order valence-electron chi connectivity index (χ2n) is 5.99. The molecule has 0 aliphatic carbocycles. The zero-order valence-electron chi connectivity index (χ0n) is 11.6. The van der Waals surface area contributed by atoms with E-state index in [1.807, 2.05) is 12.1 Å². The lowest BCUT2D eigenvalue weighted by Gasteiger charge is -2.36. The fraction of sp³-hybridized carbons (Fsp3) is 0.625. The Morgan fingerprint density at radius 2 is 2.00 bits per heavy atom. The van der Waals surface area contributed by atoms with Crippen LogP contribution >= 0.6 is 0 Å². The van der Waals surface area contributed by atoms with E-state index in [-0.39, 0.29) is 5.82 Å². The number of nitrogens with zero attached hydrogens (tertiary/aromatic N) is 1. The van der Waals surface area contributed by atoms with E-state index in [9.17, 15) is 4.39 Å². The summed E-state index contributed by atoms with van der Waals surface area (Å²) in [6.45, 7) is 4.71. The van der Waals surface area contributed by atoms with Crippen LogP contribution in [0.4, 0.5) is 4.39 Å². The van der Waals surface area contributed by atoms with Crippen LogP contribution in [-0.4, -0.2) is 30.1 Å². The summed E-state index contributed by atoms with van der Waals surface area (Å²) in [6, 6.07) is 8.58. The Kier molecular flexibility index (Phi) is 3.85. The fourth-order valence-corrected chi connectivity index (χ4v) is 3.58. The molecule has 3 rings (SSSR count). The monoisotopic (exact) mass is 262 g/mol. The van der Waals surface area contributed by atoms with Crippen LogP contribution in [0.1, 0.15) is 44.2 Å². The molecular formula is C16H23FN2. The van der Waals surface area contributed by atoms with Crippen LogP contribution in [0.3, 0.4) is 0 Å². The second-order valence-corrected chi connectivity index (χ2v) is 5.99. The summed E-state index contributed by atoms with van der Waals surface area (Å²) in [5.74, 6) is -0.157. The Balaban J connectivity index is 1.57. The molecule has 2 nitrogen and oxygen atoms in total. The highest BCUT2D eigenvalue weighted by Gasteiger charge is 2.31. The largest absolute Gasteiger partial charge is 0.307 e. The summed E-state index contributed by atoms with van der Waals surface area (Å²) in [7, 11) is 0. The van der Waals surface area contributed by atoms with Crippen LogP contribution < -0.4 is 5.32 Å². The van der Waals surface area contributed by atoms with Crippen LogP contribution in [0.25, 0.3) is 0 Å². The SMILES string of the molecule is CC(NC1CCN2CCCC2C1)c1ccc(F)cc1. The highest BCUT2D eigenvalue weighted by Crippen LogP contribution is 2.28. The van der Waals surface area contributed by atoms with Crippen molar-refractivity contribution in [3.05, 3.63) is 35.6 Å². The maximum atomic E-state index is 12.9. The first kappa shape index (κ1) is 13.1. The van der Waals surface area contributed by atoms with Gasteiger partial charge in [-0.1, -0.05) is 12.1 Å². The number of nitrogens with one attached hydrogen (secondary N) is 1. The molecule has 0 amide bonds. The van der Waals surface area contributed by atoms with Crippen LogP contribution in [0.2, 0.25) is 0 Å². The van der Waals surface area contributed by atoms with Gasteiger partial charge in [0.05, 0.1) is 0 Å². The predicted octanol–water partition coefficient (Wildman–Crippen LogP) is 3.10. The first-order chi connectivity index (χ1) is 9.22. The first-order valence-electron chi connectivity index (χ1n) is 7.48. The van der Waals surface area contributed by atoms with Crippen molar-refractivity contribution in [2.45, 2.75) is 50.7 Å². The van der Waals surface area contributed by atoms with Gasteiger partial charge < -0.3 is 10.2 Å². The number of piperidine rings is 1. The van der Waals surface area contributed by atoms with Crippen LogP contribution in [0.5, 0.6) is 0 Å². The molecule has 0 spiro atoms. The third-order valence-corrected chi connectivity index (χ3v) is 4.68. The molecule has 104 valence electrons. The van der Waals surface area contributed by atoms with Crippen molar-refractivity contribution in [2.75, 3.05) is 13.1 Å². The molecule has 0 saturated carbocycles. The Labute approximate surface area is 115 Å². The molecule has 1 N–H and O–H groups in total. The van der Waals surface area contributed by atoms with Crippen LogP contribution in [0, 0.1) is 5.82 Å². The molecular weight excluding hydrogens is 239 g/mol. The summed E-state index contributed by atoms with van der Waals surface area (Å²) in [5.41, 5.74) is 1.18. The summed E-state index contributed by atoms with van der Waals surface area (Å²) in [5, 5.41) is 3.72. The standard InChI is InChI=1S/C16H23FN2/c1-12(13-4-6-14(17)7-5-13)18-15-8-10-19-9-2-3-16(19)11-15/h4-7,12,15-16,18H,2-3,8-11H2,1H3. The number of benzene rings is 1. The number of hydrogen-bond acceptors (Lipinski definition) is 2. The van der Waals surface area contributed by atoms with Gasteiger partial charge in [-0.15, -0.1) is 0 Å². The van der Waals surface area contributed by atoms with Crippen molar-refractivity contribution >= 4 is 0 Å². The third-order valence-electron chi connectivity index (χ3n) is 4.68. The molecule has 3 heteroatoms. The van der Waals surface area contributed by atoms with E-state index < -0.39 is 0 Å². The molecule has 2 fully saturated rings. The predicted molar refractivity (Wildman–Crippen MR) is 75.6 cm³/mol. The highest BCUT2D eigenvalue weighted by molar-refractivity contribution is 5.19. The van der Waals surface area contributed by atoms with E-state index in [0.717, 1.165) is 6.04 Å².